The van der Waals surface area contributed by atoms with Crippen LogP contribution in [0.25, 0.3) is 0 Å². The van der Waals surface area contributed by atoms with Gasteiger partial charge in [0.1, 0.15) is 18.0 Å². The summed E-state index contributed by atoms with van der Waals surface area (Å²) in [6.07, 6.45) is 1.44. The average molecular weight is 285 g/mol. The zero-order valence-electron chi connectivity index (χ0n) is 8.40. The van der Waals surface area contributed by atoms with Crippen LogP contribution in [0, 0.1) is 5.82 Å². The van der Waals surface area contributed by atoms with Gasteiger partial charge in [0, 0.05) is 0 Å². The Morgan fingerprint density at radius 1 is 1.44 bits per heavy atom. The molecule has 0 atom stereocenters. The Morgan fingerprint density at radius 3 is 3.00 bits per heavy atom. The third-order valence-electron chi connectivity index (χ3n) is 2.23. The average Bonchev–Trinajstić information content (AvgIpc) is 2.72. The highest BCUT2D eigenvalue weighted by Crippen LogP contribution is 2.21. The first-order valence-corrected chi connectivity index (χ1v) is 5.51. The minimum Gasteiger partial charge on any atom is -0.324 e. The first-order chi connectivity index (χ1) is 7.72. The quantitative estimate of drug-likeness (QED) is 0.933. The smallest absolute Gasteiger partial charge is 0.140 e. The molecule has 0 aliphatic heterocycles. The van der Waals surface area contributed by atoms with Crippen molar-refractivity contribution in [1.29, 1.82) is 0 Å². The molecule has 6 heteroatoms. The second kappa shape index (κ2) is 4.71. The van der Waals surface area contributed by atoms with Gasteiger partial charge in [0.05, 0.1) is 17.6 Å². The maximum absolute atomic E-state index is 13.3. The lowest BCUT2D eigenvalue weighted by Crippen LogP contribution is -2.11. The van der Waals surface area contributed by atoms with E-state index < -0.39 is 0 Å². The molecule has 16 heavy (non-hydrogen) atoms. The van der Waals surface area contributed by atoms with Gasteiger partial charge in [-0.25, -0.2) is 14.1 Å². The summed E-state index contributed by atoms with van der Waals surface area (Å²) in [6, 6.07) is 4.89. The molecule has 2 N–H and O–H groups in total. The Kier molecular flexibility index (Phi) is 3.31. The zero-order valence-corrected chi connectivity index (χ0v) is 9.98. The molecule has 1 aromatic heterocycles. The highest BCUT2D eigenvalue weighted by Gasteiger charge is 2.08. The Labute approximate surface area is 100 Å². The second-order valence-electron chi connectivity index (χ2n) is 3.25. The van der Waals surface area contributed by atoms with Gasteiger partial charge in [-0.1, -0.05) is 12.1 Å². The van der Waals surface area contributed by atoms with E-state index in [4.69, 9.17) is 5.73 Å². The van der Waals surface area contributed by atoms with Crippen molar-refractivity contribution < 1.29 is 4.39 Å². The van der Waals surface area contributed by atoms with E-state index in [1.54, 1.807) is 10.7 Å². The molecular weight excluding hydrogens is 275 g/mol. The maximum Gasteiger partial charge on any atom is 0.140 e. The number of halogens is 2. The third kappa shape index (κ3) is 2.12. The third-order valence-corrected chi connectivity index (χ3v) is 3.12. The normalized spacial score (nSPS) is 10.7. The van der Waals surface area contributed by atoms with Gasteiger partial charge in [0.25, 0.3) is 0 Å². The molecule has 1 heterocycles. The summed E-state index contributed by atoms with van der Waals surface area (Å²) in [6.45, 7) is 0.762. The minimum atomic E-state index is -0.285. The monoisotopic (exact) mass is 284 g/mol. The van der Waals surface area contributed by atoms with Gasteiger partial charge < -0.3 is 5.73 Å². The molecule has 0 spiro atoms. The Morgan fingerprint density at radius 2 is 2.25 bits per heavy atom. The van der Waals surface area contributed by atoms with Gasteiger partial charge >= 0.3 is 0 Å². The van der Waals surface area contributed by atoms with Gasteiger partial charge in [0.2, 0.25) is 0 Å². The molecule has 2 aromatic rings. The Hall–Kier alpha value is -1.27. The van der Waals surface area contributed by atoms with Crippen molar-refractivity contribution in [1.82, 2.24) is 14.8 Å². The molecule has 1 aromatic carbocycles. The summed E-state index contributed by atoms with van der Waals surface area (Å²) in [4.78, 5) is 4.00. The Balaban J connectivity index is 2.30. The van der Waals surface area contributed by atoms with Crippen molar-refractivity contribution in [3.63, 3.8) is 0 Å². The van der Waals surface area contributed by atoms with Crippen molar-refractivity contribution in [3.05, 3.63) is 46.2 Å². The Bertz CT molecular complexity index is 497. The van der Waals surface area contributed by atoms with Crippen molar-refractivity contribution in [2.75, 3.05) is 0 Å². The van der Waals surface area contributed by atoms with Crippen LogP contribution < -0.4 is 5.73 Å². The molecule has 0 amide bonds. The SMILES string of the molecule is NCc1ncnn1Cc1cccc(F)c1Br. The van der Waals surface area contributed by atoms with Crippen LogP contribution in [0.2, 0.25) is 0 Å². The predicted molar refractivity (Wildman–Crippen MR) is 61.1 cm³/mol. The van der Waals surface area contributed by atoms with E-state index in [-0.39, 0.29) is 5.82 Å². The molecule has 0 aliphatic rings. The molecule has 2 rings (SSSR count). The number of hydrogen-bond donors (Lipinski definition) is 1. The number of rotatable bonds is 3. The summed E-state index contributed by atoms with van der Waals surface area (Å²) >= 11 is 3.20. The van der Waals surface area contributed by atoms with Crippen molar-refractivity contribution in [3.8, 4) is 0 Å². The van der Waals surface area contributed by atoms with Crippen LogP contribution in [0.4, 0.5) is 4.39 Å². The lowest BCUT2D eigenvalue weighted by Gasteiger charge is -2.07. The van der Waals surface area contributed by atoms with E-state index in [1.807, 2.05) is 6.07 Å². The van der Waals surface area contributed by atoms with Gasteiger partial charge in [-0.05, 0) is 27.6 Å². The number of benzene rings is 1. The van der Waals surface area contributed by atoms with Crippen molar-refractivity contribution in [2.45, 2.75) is 13.1 Å². The summed E-state index contributed by atoms with van der Waals surface area (Å²) < 4.78 is 15.4. The summed E-state index contributed by atoms with van der Waals surface area (Å²) in [5.74, 6) is 0.392. The first kappa shape index (κ1) is 11.2. The van der Waals surface area contributed by atoms with Crippen LogP contribution in [-0.4, -0.2) is 14.8 Å². The van der Waals surface area contributed by atoms with Gasteiger partial charge in [0.15, 0.2) is 0 Å². The molecule has 0 aliphatic carbocycles. The molecule has 84 valence electrons. The fraction of sp³-hybridized carbons (Fsp3) is 0.200. The van der Waals surface area contributed by atoms with Crippen LogP contribution in [0.3, 0.4) is 0 Å². The highest BCUT2D eigenvalue weighted by molar-refractivity contribution is 9.10. The summed E-state index contributed by atoms with van der Waals surface area (Å²) in [5, 5.41) is 4.04. The van der Waals surface area contributed by atoms with E-state index in [0.29, 0.717) is 23.4 Å². The topological polar surface area (TPSA) is 56.7 Å². The van der Waals surface area contributed by atoms with E-state index in [9.17, 15) is 4.39 Å². The van der Waals surface area contributed by atoms with Crippen molar-refractivity contribution in [2.24, 2.45) is 5.73 Å². The van der Waals surface area contributed by atoms with Crippen LogP contribution in [0.15, 0.2) is 29.0 Å². The largest absolute Gasteiger partial charge is 0.324 e. The van der Waals surface area contributed by atoms with E-state index >= 15 is 0 Å². The summed E-state index contributed by atoms with van der Waals surface area (Å²) in [7, 11) is 0. The van der Waals surface area contributed by atoms with Gasteiger partial charge in [-0.15, -0.1) is 0 Å². The van der Waals surface area contributed by atoms with E-state index in [2.05, 4.69) is 26.0 Å². The minimum absolute atomic E-state index is 0.285. The number of hydrogen-bond acceptors (Lipinski definition) is 3. The molecule has 0 saturated heterocycles. The fourth-order valence-electron chi connectivity index (χ4n) is 1.41. The standard InChI is InChI=1S/C10H10BrFN4/c11-10-7(2-1-3-8(10)12)5-16-9(4-13)14-6-15-16/h1-3,6H,4-5,13H2. The second-order valence-corrected chi connectivity index (χ2v) is 4.04. The first-order valence-electron chi connectivity index (χ1n) is 4.72. The molecule has 4 nitrogen and oxygen atoms in total. The number of aromatic nitrogens is 3. The number of nitrogens with zero attached hydrogens (tertiary/aromatic N) is 3. The van der Waals surface area contributed by atoms with E-state index in [0.717, 1.165) is 5.56 Å². The highest BCUT2D eigenvalue weighted by atomic mass is 79.9. The molecule has 0 saturated carbocycles. The van der Waals surface area contributed by atoms with Gasteiger partial charge in [-0.2, -0.15) is 5.10 Å². The predicted octanol–water partition coefficient (Wildman–Crippen LogP) is 1.69. The van der Waals surface area contributed by atoms with E-state index in [1.165, 1.54) is 12.4 Å². The lowest BCUT2D eigenvalue weighted by atomic mass is 10.2. The van der Waals surface area contributed by atoms with Crippen LogP contribution in [0.5, 0.6) is 0 Å². The van der Waals surface area contributed by atoms with Crippen LogP contribution in [-0.2, 0) is 13.1 Å². The molecule has 0 bridgehead atoms. The maximum atomic E-state index is 13.3. The molecule has 0 unspecified atom stereocenters. The van der Waals surface area contributed by atoms with Gasteiger partial charge in [-0.3, -0.25) is 0 Å². The van der Waals surface area contributed by atoms with Crippen LogP contribution in [0.1, 0.15) is 11.4 Å². The molecule has 0 fully saturated rings. The lowest BCUT2D eigenvalue weighted by molar-refractivity contribution is 0.603. The molecular formula is C10H10BrFN4. The fourth-order valence-corrected chi connectivity index (χ4v) is 1.80. The number of nitrogens with two attached hydrogens (primary N) is 1. The zero-order chi connectivity index (χ0) is 11.5. The summed E-state index contributed by atoms with van der Waals surface area (Å²) in [5.41, 5.74) is 6.31. The van der Waals surface area contributed by atoms with Crippen LogP contribution >= 0.6 is 15.9 Å². The van der Waals surface area contributed by atoms with Crippen molar-refractivity contribution >= 4 is 15.9 Å². The molecule has 0 radical (unpaired) electrons.